The van der Waals surface area contributed by atoms with E-state index in [4.69, 9.17) is 9.47 Å². The Labute approximate surface area is 169 Å². The van der Waals surface area contributed by atoms with Crippen LogP contribution in [0.4, 0.5) is 5.69 Å². The van der Waals surface area contributed by atoms with E-state index in [1.165, 1.54) is 11.8 Å². The van der Waals surface area contributed by atoms with E-state index >= 15 is 0 Å². The zero-order valence-electron chi connectivity index (χ0n) is 15.8. The van der Waals surface area contributed by atoms with Crippen LogP contribution in [-0.4, -0.2) is 55.9 Å². The lowest BCUT2D eigenvalue weighted by Gasteiger charge is -2.26. The fourth-order valence-corrected chi connectivity index (χ4v) is 3.47. The van der Waals surface area contributed by atoms with Crippen LogP contribution in [0.2, 0.25) is 0 Å². The molecule has 1 saturated heterocycles. The van der Waals surface area contributed by atoms with E-state index < -0.39 is 5.97 Å². The molecule has 6 nitrogen and oxygen atoms in total. The zero-order valence-corrected chi connectivity index (χ0v) is 16.7. The van der Waals surface area contributed by atoms with E-state index in [0.717, 1.165) is 43.3 Å². The Balaban J connectivity index is 1.48. The van der Waals surface area contributed by atoms with Gasteiger partial charge in [-0.2, -0.15) is 0 Å². The first-order valence-electron chi connectivity index (χ1n) is 9.15. The summed E-state index contributed by atoms with van der Waals surface area (Å²) in [5.41, 5.74) is 2.27. The van der Waals surface area contributed by atoms with Crippen molar-refractivity contribution in [2.75, 3.05) is 44.5 Å². The number of hydrogen-bond acceptors (Lipinski definition) is 6. The van der Waals surface area contributed by atoms with Gasteiger partial charge in [-0.3, -0.25) is 9.69 Å². The van der Waals surface area contributed by atoms with Crippen LogP contribution in [-0.2, 0) is 20.8 Å². The van der Waals surface area contributed by atoms with Crippen molar-refractivity contribution in [3.05, 3.63) is 59.7 Å². The fourth-order valence-electron chi connectivity index (χ4n) is 2.91. The molecule has 3 rings (SSSR count). The second-order valence-corrected chi connectivity index (χ2v) is 7.26. The van der Waals surface area contributed by atoms with Crippen LogP contribution in [0.15, 0.2) is 53.4 Å². The molecule has 0 bridgehead atoms. The summed E-state index contributed by atoms with van der Waals surface area (Å²) >= 11 is 1.54. The van der Waals surface area contributed by atoms with Gasteiger partial charge in [0.2, 0.25) is 0 Å². The topological polar surface area (TPSA) is 67.9 Å². The van der Waals surface area contributed by atoms with Crippen LogP contribution in [0.25, 0.3) is 0 Å². The lowest BCUT2D eigenvalue weighted by Crippen LogP contribution is -2.35. The highest BCUT2D eigenvalue weighted by atomic mass is 32.2. The molecule has 0 unspecified atom stereocenters. The van der Waals surface area contributed by atoms with E-state index in [2.05, 4.69) is 10.2 Å². The summed E-state index contributed by atoms with van der Waals surface area (Å²) in [6.45, 7) is 3.85. The summed E-state index contributed by atoms with van der Waals surface area (Å²) in [4.78, 5) is 27.5. The third-order valence-electron chi connectivity index (χ3n) is 4.41. The number of rotatable bonds is 7. The lowest BCUT2D eigenvalue weighted by molar-refractivity contribution is -0.119. The fraction of sp³-hybridized carbons (Fsp3) is 0.333. The Morgan fingerprint density at radius 2 is 1.82 bits per heavy atom. The lowest BCUT2D eigenvalue weighted by atomic mass is 10.1. The van der Waals surface area contributed by atoms with E-state index in [0.29, 0.717) is 11.3 Å². The quantitative estimate of drug-likeness (QED) is 0.569. The van der Waals surface area contributed by atoms with Gasteiger partial charge in [-0.05, 0) is 36.1 Å². The van der Waals surface area contributed by atoms with Gasteiger partial charge in [0.05, 0.1) is 24.5 Å². The van der Waals surface area contributed by atoms with Gasteiger partial charge in [0.25, 0.3) is 5.91 Å². The Morgan fingerprint density at radius 1 is 1.11 bits per heavy atom. The third kappa shape index (κ3) is 5.82. The molecule has 0 radical (unpaired) electrons. The Morgan fingerprint density at radius 3 is 2.54 bits per heavy atom. The van der Waals surface area contributed by atoms with Crippen LogP contribution < -0.4 is 5.32 Å². The number of benzene rings is 2. The summed E-state index contributed by atoms with van der Waals surface area (Å²) < 4.78 is 10.5. The smallest absolute Gasteiger partial charge is 0.338 e. The number of esters is 1. The number of nitrogens with zero attached hydrogens (tertiary/aromatic N) is 1. The maximum Gasteiger partial charge on any atom is 0.338 e. The minimum Gasteiger partial charge on any atom is -0.452 e. The molecule has 0 atom stereocenters. The summed E-state index contributed by atoms with van der Waals surface area (Å²) in [7, 11) is 0. The highest BCUT2D eigenvalue weighted by Crippen LogP contribution is 2.24. The molecule has 0 saturated carbocycles. The maximum absolute atomic E-state index is 12.2. The van der Waals surface area contributed by atoms with Crippen molar-refractivity contribution in [1.82, 2.24) is 4.90 Å². The first kappa shape index (κ1) is 20.4. The minimum atomic E-state index is -0.508. The van der Waals surface area contributed by atoms with Crippen molar-refractivity contribution in [3.8, 4) is 0 Å². The van der Waals surface area contributed by atoms with Gasteiger partial charge in [-0.1, -0.05) is 24.3 Å². The van der Waals surface area contributed by atoms with Crippen molar-refractivity contribution >= 4 is 29.3 Å². The van der Waals surface area contributed by atoms with Gasteiger partial charge in [0, 0.05) is 24.5 Å². The number of carbonyl (C=O) groups excluding carboxylic acids is 2. The number of ether oxygens (including phenoxy) is 2. The molecule has 1 fully saturated rings. The van der Waals surface area contributed by atoms with E-state index in [9.17, 15) is 9.59 Å². The van der Waals surface area contributed by atoms with Crippen molar-refractivity contribution < 1.29 is 19.1 Å². The average Bonchev–Trinajstić information content (AvgIpc) is 2.74. The number of amides is 1. The number of nitrogens with one attached hydrogen (secondary N) is 1. The summed E-state index contributed by atoms with van der Waals surface area (Å²) in [6, 6.07) is 14.8. The Bertz CT molecular complexity index is 804. The van der Waals surface area contributed by atoms with Crippen LogP contribution in [0.1, 0.15) is 15.9 Å². The molecular weight excluding hydrogens is 376 g/mol. The number of carbonyl (C=O) groups is 2. The first-order valence-corrected chi connectivity index (χ1v) is 10.4. The number of hydrogen-bond donors (Lipinski definition) is 1. The van der Waals surface area contributed by atoms with Crippen molar-refractivity contribution in [2.45, 2.75) is 11.4 Å². The average molecular weight is 401 g/mol. The summed E-state index contributed by atoms with van der Waals surface area (Å²) in [6.07, 6.45) is 1.94. The van der Waals surface area contributed by atoms with Crippen LogP contribution in [0.3, 0.4) is 0 Å². The molecule has 1 N–H and O–H groups in total. The molecule has 28 heavy (non-hydrogen) atoms. The minimum absolute atomic E-state index is 0.322. The maximum atomic E-state index is 12.2. The van der Waals surface area contributed by atoms with Gasteiger partial charge in [-0.25, -0.2) is 4.79 Å². The van der Waals surface area contributed by atoms with Crippen molar-refractivity contribution in [1.29, 1.82) is 0 Å². The molecule has 0 spiro atoms. The van der Waals surface area contributed by atoms with Crippen LogP contribution >= 0.6 is 11.8 Å². The van der Waals surface area contributed by atoms with Crippen LogP contribution in [0.5, 0.6) is 0 Å². The van der Waals surface area contributed by atoms with E-state index in [1.54, 1.807) is 12.1 Å². The zero-order chi connectivity index (χ0) is 19.8. The van der Waals surface area contributed by atoms with Gasteiger partial charge in [0.1, 0.15) is 0 Å². The second-order valence-electron chi connectivity index (χ2n) is 6.41. The number of anilines is 1. The normalized spacial score (nSPS) is 14.5. The predicted molar refractivity (Wildman–Crippen MR) is 110 cm³/mol. The molecule has 0 aromatic heterocycles. The molecule has 148 valence electrons. The second kappa shape index (κ2) is 10.3. The number of para-hydroxylation sites is 1. The first-order chi connectivity index (χ1) is 13.7. The van der Waals surface area contributed by atoms with E-state index in [-0.39, 0.29) is 12.5 Å². The molecular formula is C21H24N2O4S. The monoisotopic (exact) mass is 400 g/mol. The van der Waals surface area contributed by atoms with Gasteiger partial charge >= 0.3 is 5.97 Å². The summed E-state index contributed by atoms with van der Waals surface area (Å²) in [5, 5.41) is 2.77. The molecule has 1 aliphatic rings. The molecule has 2 aromatic rings. The highest BCUT2D eigenvalue weighted by Gasteiger charge is 2.13. The van der Waals surface area contributed by atoms with Crippen molar-refractivity contribution in [2.24, 2.45) is 0 Å². The number of morpholine rings is 1. The van der Waals surface area contributed by atoms with Gasteiger partial charge in [0.15, 0.2) is 6.61 Å². The van der Waals surface area contributed by atoms with Crippen molar-refractivity contribution in [3.63, 3.8) is 0 Å². The largest absolute Gasteiger partial charge is 0.452 e. The molecule has 1 aliphatic heterocycles. The number of thioether (sulfide) groups is 1. The third-order valence-corrected chi connectivity index (χ3v) is 5.21. The van der Waals surface area contributed by atoms with Crippen LogP contribution in [0, 0.1) is 0 Å². The Hall–Kier alpha value is -2.35. The molecule has 0 aliphatic carbocycles. The standard InChI is InChI=1S/C21H24N2O4S/c1-28-19-5-3-2-4-18(19)22-20(24)15-27-21(25)17-8-6-16(7-9-17)14-23-10-12-26-13-11-23/h2-9H,10-15H2,1H3,(H,22,24). The molecule has 1 amide bonds. The molecule has 7 heteroatoms. The van der Waals surface area contributed by atoms with E-state index in [1.807, 2.05) is 42.7 Å². The molecule has 2 aromatic carbocycles. The van der Waals surface area contributed by atoms with Gasteiger partial charge < -0.3 is 14.8 Å². The predicted octanol–water partition coefficient (Wildman–Crippen LogP) is 3.04. The molecule has 1 heterocycles. The summed E-state index contributed by atoms with van der Waals surface area (Å²) in [5.74, 6) is -0.870. The Kier molecular flexibility index (Phi) is 7.47. The highest BCUT2D eigenvalue weighted by molar-refractivity contribution is 7.98. The van der Waals surface area contributed by atoms with Gasteiger partial charge in [-0.15, -0.1) is 11.8 Å². The SMILES string of the molecule is CSc1ccccc1NC(=O)COC(=O)c1ccc(CN2CCOCC2)cc1.